The number of benzene rings is 1. The molecule has 0 bridgehead atoms. The maximum absolute atomic E-state index is 13.1. The third kappa shape index (κ3) is 3.32. The monoisotopic (exact) mass is 333 g/mol. The number of aliphatic hydroxyl groups is 1. The van der Waals surface area contributed by atoms with E-state index in [9.17, 15) is 9.18 Å². The zero-order chi connectivity index (χ0) is 17.1. The molecule has 128 valence electrons. The molecule has 2 aromatic rings. The number of morpholine rings is 1. The molecule has 1 fully saturated rings. The first kappa shape index (κ1) is 16.6. The molecule has 0 saturated carbocycles. The van der Waals surface area contributed by atoms with E-state index < -0.39 is 0 Å². The number of carbonyl (C=O) groups excluding carboxylic acids is 1. The van der Waals surface area contributed by atoms with Gasteiger partial charge in [-0.2, -0.15) is 5.10 Å². The summed E-state index contributed by atoms with van der Waals surface area (Å²) in [7, 11) is 0. The highest BCUT2D eigenvalue weighted by Gasteiger charge is 2.29. The first-order valence-electron chi connectivity index (χ1n) is 7.92. The molecule has 1 aromatic heterocycles. The summed E-state index contributed by atoms with van der Waals surface area (Å²) in [5.74, 6) is -0.499. The second-order valence-corrected chi connectivity index (χ2v) is 5.80. The Morgan fingerprint density at radius 1 is 1.42 bits per heavy atom. The van der Waals surface area contributed by atoms with Gasteiger partial charge in [-0.3, -0.25) is 4.79 Å². The standard InChI is InChI=1S/C17H20FN3O3/c1-12-10-16(19-21(12)14-4-2-13(18)3-5-14)17(23)20-7-9-24-11-15(20)6-8-22/h2-5,10,15,22H,6-9,11H2,1H3/t15-/m1/s1. The number of amides is 1. The number of nitrogens with zero attached hydrogens (tertiary/aromatic N) is 3. The van der Waals surface area contributed by atoms with Crippen LogP contribution in [0.2, 0.25) is 0 Å². The van der Waals surface area contributed by atoms with Crippen molar-refractivity contribution >= 4 is 5.91 Å². The number of aliphatic hydroxyl groups excluding tert-OH is 1. The molecule has 1 saturated heterocycles. The van der Waals surface area contributed by atoms with Crippen molar-refractivity contribution in [2.24, 2.45) is 0 Å². The molecule has 0 unspecified atom stereocenters. The average molecular weight is 333 g/mol. The van der Waals surface area contributed by atoms with Crippen LogP contribution in [0.15, 0.2) is 30.3 Å². The molecule has 1 atom stereocenters. The lowest BCUT2D eigenvalue weighted by Gasteiger charge is -2.34. The number of carbonyl (C=O) groups is 1. The molecule has 1 N–H and O–H groups in total. The lowest BCUT2D eigenvalue weighted by atomic mass is 10.1. The Kier molecular flexibility index (Phi) is 4.92. The molecule has 0 radical (unpaired) electrons. The minimum atomic E-state index is -0.319. The molecule has 2 heterocycles. The van der Waals surface area contributed by atoms with Gasteiger partial charge in [-0.15, -0.1) is 0 Å². The molecular formula is C17H20FN3O3. The van der Waals surface area contributed by atoms with E-state index in [0.29, 0.717) is 37.6 Å². The van der Waals surface area contributed by atoms with Crippen LogP contribution in [0.25, 0.3) is 5.69 Å². The predicted molar refractivity (Wildman–Crippen MR) is 85.6 cm³/mol. The Balaban J connectivity index is 1.85. The maximum atomic E-state index is 13.1. The van der Waals surface area contributed by atoms with E-state index >= 15 is 0 Å². The zero-order valence-electron chi connectivity index (χ0n) is 13.5. The maximum Gasteiger partial charge on any atom is 0.274 e. The van der Waals surface area contributed by atoms with Crippen molar-refractivity contribution < 1.29 is 19.0 Å². The second kappa shape index (κ2) is 7.11. The highest BCUT2D eigenvalue weighted by atomic mass is 19.1. The Morgan fingerprint density at radius 3 is 2.88 bits per heavy atom. The topological polar surface area (TPSA) is 67.6 Å². The van der Waals surface area contributed by atoms with Crippen molar-refractivity contribution in [1.29, 1.82) is 0 Å². The van der Waals surface area contributed by atoms with Gasteiger partial charge in [0, 0.05) is 18.8 Å². The molecule has 1 aliphatic rings. The molecule has 0 aliphatic carbocycles. The largest absolute Gasteiger partial charge is 0.396 e. The fourth-order valence-electron chi connectivity index (χ4n) is 2.88. The molecule has 1 amide bonds. The van der Waals surface area contributed by atoms with Crippen molar-refractivity contribution in [3.8, 4) is 5.69 Å². The second-order valence-electron chi connectivity index (χ2n) is 5.80. The van der Waals surface area contributed by atoms with Gasteiger partial charge in [0.25, 0.3) is 5.91 Å². The van der Waals surface area contributed by atoms with E-state index in [2.05, 4.69) is 5.10 Å². The minimum absolute atomic E-state index is 0.000848. The van der Waals surface area contributed by atoms with E-state index in [0.717, 1.165) is 5.69 Å². The van der Waals surface area contributed by atoms with Gasteiger partial charge in [-0.1, -0.05) is 0 Å². The first-order chi connectivity index (χ1) is 11.6. The van der Waals surface area contributed by atoms with Crippen LogP contribution in [-0.2, 0) is 4.74 Å². The Hall–Kier alpha value is -2.25. The van der Waals surface area contributed by atoms with Crippen LogP contribution in [-0.4, -0.2) is 58.1 Å². The number of aryl methyl sites for hydroxylation is 1. The summed E-state index contributed by atoms with van der Waals surface area (Å²) in [5.41, 5.74) is 1.82. The molecule has 6 nitrogen and oxygen atoms in total. The highest BCUT2D eigenvalue weighted by Crippen LogP contribution is 2.17. The lowest BCUT2D eigenvalue weighted by Crippen LogP contribution is -2.49. The number of hydrogen-bond donors (Lipinski definition) is 1. The summed E-state index contributed by atoms with van der Waals surface area (Å²) in [6, 6.07) is 7.53. The number of hydrogen-bond acceptors (Lipinski definition) is 4. The minimum Gasteiger partial charge on any atom is -0.396 e. The van der Waals surface area contributed by atoms with Gasteiger partial charge in [0.1, 0.15) is 5.82 Å². The fourth-order valence-corrected chi connectivity index (χ4v) is 2.88. The highest BCUT2D eigenvalue weighted by molar-refractivity contribution is 5.92. The number of ether oxygens (including phenoxy) is 1. The van der Waals surface area contributed by atoms with Crippen LogP contribution in [0, 0.1) is 12.7 Å². The molecule has 3 rings (SSSR count). The SMILES string of the molecule is Cc1cc(C(=O)N2CCOC[C@H]2CCO)nn1-c1ccc(F)cc1. The Bertz CT molecular complexity index is 712. The summed E-state index contributed by atoms with van der Waals surface area (Å²) in [5, 5.41) is 13.5. The average Bonchev–Trinajstić information content (AvgIpc) is 2.98. The third-order valence-electron chi connectivity index (χ3n) is 4.13. The van der Waals surface area contributed by atoms with Crippen molar-refractivity contribution in [1.82, 2.24) is 14.7 Å². The smallest absolute Gasteiger partial charge is 0.274 e. The number of halogens is 1. The van der Waals surface area contributed by atoms with Crippen LogP contribution < -0.4 is 0 Å². The van der Waals surface area contributed by atoms with E-state index in [1.807, 2.05) is 6.92 Å². The van der Waals surface area contributed by atoms with Crippen LogP contribution in [0.3, 0.4) is 0 Å². The zero-order valence-corrected chi connectivity index (χ0v) is 13.5. The normalized spacial score (nSPS) is 18.0. The van der Waals surface area contributed by atoms with Gasteiger partial charge in [-0.05, 0) is 43.7 Å². The van der Waals surface area contributed by atoms with E-state index in [-0.39, 0.29) is 24.4 Å². The quantitative estimate of drug-likeness (QED) is 0.922. The van der Waals surface area contributed by atoms with Crippen molar-refractivity contribution in [3.63, 3.8) is 0 Å². The van der Waals surface area contributed by atoms with Gasteiger partial charge in [-0.25, -0.2) is 9.07 Å². The van der Waals surface area contributed by atoms with Gasteiger partial charge in [0.2, 0.25) is 0 Å². The molecule has 0 spiro atoms. The summed E-state index contributed by atoms with van der Waals surface area (Å²) in [6.07, 6.45) is 0.476. The fraction of sp³-hybridized carbons (Fsp3) is 0.412. The van der Waals surface area contributed by atoms with Crippen molar-refractivity contribution in [3.05, 3.63) is 47.5 Å². The molecule has 1 aromatic carbocycles. The van der Waals surface area contributed by atoms with Gasteiger partial charge < -0.3 is 14.7 Å². The van der Waals surface area contributed by atoms with Gasteiger partial charge >= 0.3 is 0 Å². The Labute approximate surface area is 139 Å². The summed E-state index contributed by atoms with van der Waals surface area (Å²) < 4.78 is 20.1. The van der Waals surface area contributed by atoms with Gasteiger partial charge in [0.15, 0.2) is 5.69 Å². The molecule has 7 heteroatoms. The predicted octanol–water partition coefficient (Wildman–Crippen LogP) is 1.54. The van der Waals surface area contributed by atoms with Crippen LogP contribution >= 0.6 is 0 Å². The van der Waals surface area contributed by atoms with Crippen LogP contribution in [0.5, 0.6) is 0 Å². The van der Waals surface area contributed by atoms with Crippen molar-refractivity contribution in [2.75, 3.05) is 26.4 Å². The number of aromatic nitrogens is 2. The lowest BCUT2D eigenvalue weighted by molar-refractivity contribution is -0.00860. The van der Waals surface area contributed by atoms with E-state index in [1.54, 1.807) is 27.8 Å². The number of rotatable bonds is 4. The van der Waals surface area contributed by atoms with E-state index in [1.165, 1.54) is 12.1 Å². The van der Waals surface area contributed by atoms with Crippen LogP contribution in [0.4, 0.5) is 4.39 Å². The summed E-state index contributed by atoms with van der Waals surface area (Å²) in [4.78, 5) is 14.5. The molecule has 1 aliphatic heterocycles. The third-order valence-corrected chi connectivity index (χ3v) is 4.13. The van der Waals surface area contributed by atoms with E-state index in [4.69, 9.17) is 9.84 Å². The first-order valence-corrected chi connectivity index (χ1v) is 7.92. The molecular weight excluding hydrogens is 313 g/mol. The van der Waals surface area contributed by atoms with Crippen LogP contribution in [0.1, 0.15) is 22.6 Å². The van der Waals surface area contributed by atoms with Crippen molar-refractivity contribution in [2.45, 2.75) is 19.4 Å². The Morgan fingerprint density at radius 2 is 2.17 bits per heavy atom. The summed E-state index contributed by atoms with van der Waals surface area (Å²) in [6.45, 7) is 3.22. The molecule has 24 heavy (non-hydrogen) atoms. The summed E-state index contributed by atoms with van der Waals surface area (Å²) >= 11 is 0. The van der Waals surface area contributed by atoms with Gasteiger partial charge in [0.05, 0.1) is 24.9 Å².